The lowest BCUT2D eigenvalue weighted by Crippen LogP contribution is -2.44. The van der Waals surface area contributed by atoms with Gasteiger partial charge in [-0.3, -0.25) is 4.79 Å². The van der Waals surface area contributed by atoms with E-state index in [4.69, 9.17) is 9.88 Å². The monoisotopic (exact) mass is 497 g/mol. The molecule has 2 heterocycles. The van der Waals surface area contributed by atoms with Gasteiger partial charge < -0.3 is 9.64 Å². The number of nitrogens with two attached hydrogens (primary N) is 1. The quantitative estimate of drug-likeness (QED) is 0.511. The Hall–Kier alpha value is -3.08. The van der Waals surface area contributed by atoms with Gasteiger partial charge in [0, 0.05) is 26.1 Å². The summed E-state index contributed by atoms with van der Waals surface area (Å²) in [6.45, 7) is 6.01. The molecule has 1 unspecified atom stereocenters. The smallest absolute Gasteiger partial charge is 0.293 e. The molecule has 0 aliphatic carbocycles. The van der Waals surface area contributed by atoms with Crippen LogP contribution in [-0.2, 0) is 21.2 Å². The molecule has 9 nitrogen and oxygen atoms in total. The van der Waals surface area contributed by atoms with Crippen LogP contribution in [0.2, 0.25) is 0 Å². The number of primary sulfonamides is 1. The van der Waals surface area contributed by atoms with Crippen molar-refractivity contribution in [1.82, 2.24) is 19.7 Å². The zero-order valence-corrected chi connectivity index (χ0v) is 20.8. The highest BCUT2D eigenvalue weighted by molar-refractivity contribution is 7.89. The first-order valence-corrected chi connectivity index (χ1v) is 13.3. The van der Waals surface area contributed by atoms with Gasteiger partial charge in [-0.05, 0) is 48.6 Å². The minimum atomic E-state index is -3.82. The molecule has 1 aliphatic rings. The van der Waals surface area contributed by atoms with Crippen molar-refractivity contribution in [2.45, 2.75) is 44.1 Å². The van der Waals surface area contributed by atoms with Crippen LogP contribution < -0.4 is 5.14 Å². The number of carbonyl (C=O) groups excluding carboxylic acids is 1. The fourth-order valence-electron chi connectivity index (χ4n) is 4.04. The van der Waals surface area contributed by atoms with Crippen LogP contribution in [-0.4, -0.2) is 59.8 Å². The number of sulfonamides is 1. The van der Waals surface area contributed by atoms with E-state index in [1.54, 1.807) is 21.7 Å². The molecule has 2 N–H and O–H groups in total. The SMILES string of the molecule is CC(C)COC1CCCN(C(=O)c2nc(Cc3ccccc3)n(-c3ccc(S(N)(=O)=O)cc3)n2)C1. The van der Waals surface area contributed by atoms with Crippen molar-refractivity contribution < 1.29 is 17.9 Å². The second-order valence-corrected chi connectivity index (χ2v) is 10.8. The maximum Gasteiger partial charge on any atom is 0.293 e. The van der Waals surface area contributed by atoms with Crippen LogP contribution >= 0.6 is 0 Å². The molecule has 1 aliphatic heterocycles. The highest BCUT2D eigenvalue weighted by Crippen LogP contribution is 2.19. The topological polar surface area (TPSA) is 120 Å². The van der Waals surface area contributed by atoms with E-state index in [2.05, 4.69) is 23.9 Å². The van der Waals surface area contributed by atoms with Crippen molar-refractivity contribution in [1.29, 1.82) is 0 Å². The van der Waals surface area contributed by atoms with Gasteiger partial charge in [0.25, 0.3) is 5.91 Å². The molecule has 1 fully saturated rings. The molecule has 10 heteroatoms. The Morgan fingerprint density at radius 3 is 2.51 bits per heavy atom. The van der Waals surface area contributed by atoms with Gasteiger partial charge in [0.15, 0.2) is 0 Å². The summed E-state index contributed by atoms with van der Waals surface area (Å²) in [6.07, 6.45) is 2.25. The third-order valence-electron chi connectivity index (χ3n) is 5.81. The minimum absolute atomic E-state index is 0.00281. The van der Waals surface area contributed by atoms with Crippen LogP contribution in [0.25, 0.3) is 5.69 Å². The van der Waals surface area contributed by atoms with Gasteiger partial charge in [-0.25, -0.2) is 23.2 Å². The van der Waals surface area contributed by atoms with Crippen molar-refractivity contribution in [3.8, 4) is 5.69 Å². The number of piperidine rings is 1. The van der Waals surface area contributed by atoms with Crippen LogP contribution in [0.3, 0.4) is 0 Å². The molecule has 1 atom stereocenters. The number of aromatic nitrogens is 3. The van der Waals surface area contributed by atoms with E-state index in [9.17, 15) is 13.2 Å². The van der Waals surface area contributed by atoms with Crippen molar-refractivity contribution in [3.05, 3.63) is 71.8 Å². The zero-order valence-electron chi connectivity index (χ0n) is 20.0. The molecule has 35 heavy (non-hydrogen) atoms. The summed E-state index contributed by atoms with van der Waals surface area (Å²) < 4.78 is 30.9. The summed E-state index contributed by atoms with van der Waals surface area (Å²) in [7, 11) is -3.82. The second-order valence-electron chi connectivity index (χ2n) is 9.21. The molecule has 1 amide bonds. The molecule has 1 aromatic heterocycles. The first-order chi connectivity index (χ1) is 16.7. The molecule has 2 aromatic carbocycles. The van der Waals surface area contributed by atoms with E-state index >= 15 is 0 Å². The number of rotatable bonds is 8. The fourth-order valence-corrected chi connectivity index (χ4v) is 4.56. The number of likely N-dealkylation sites (tertiary alicyclic amines) is 1. The van der Waals surface area contributed by atoms with E-state index in [1.807, 2.05) is 30.3 Å². The summed E-state index contributed by atoms with van der Waals surface area (Å²) in [5, 5.41) is 9.77. The normalized spacial score (nSPS) is 16.6. The Morgan fingerprint density at radius 2 is 1.86 bits per heavy atom. The summed E-state index contributed by atoms with van der Waals surface area (Å²) in [5.74, 6) is 0.875. The van der Waals surface area contributed by atoms with E-state index in [-0.39, 0.29) is 22.7 Å². The van der Waals surface area contributed by atoms with Crippen LogP contribution in [0.1, 0.15) is 48.7 Å². The van der Waals surface area contributed by atoms with Crippen LogP contribution in [0.5, 0.6) is 0 Å². The largest absolute Gasteiger partial charge is 0.376 e. The van der Waals surface area contributed by atoms with Gasteiger partial charge >= 0.3 is 0 Å². The number of carbonyl (C=O) groups is 1. The summed E-state index contributed by atoms with van der Waals surface area (Å²) in [4.78, 5) is 19.7. The Labute approximate surface area is 206 Å². The van der Waals surface area contributed by atoms with Crippen molar-refractivity contribution >= 4 is 15.9 Å². The van der Waals surface area contributed by atoms with E-state index < -0.39 is 10.0 Å². The minimum Gasteiger partial charge on any atom is -0.376 e. The number of hydrogen-bond acceptors (Lipinski definition) is 6. The number of hydrogen-bond donors (Lipinski definition) is 1. The fraction of sp³-hybridized carbons (Fsp3) is 0.400. The summed E-state index contributed by atoms with van der Waals surface area (Å²) in [5.41, 5.74) is 1.60. The standard InChI is InChI=1S/C25H31N5O4S/c1-18(2)17-34-21-9-6-14-29(16-21)25(31)24-27-23(15-19-7-4-3-5-8-19)30(28-24)20-10-12-22(13-11-20)35(26,32)33/h3-5,7-8,10-13,18,21H,6,9,14-17H2,1-2H3,(H2,26,32,33). The van der Waals surface area contributed by atoms with Crippen LogP contribution in [0.15, 0.2) is 59.5 Å². The van der Waals surface area contributed by atoms with Crippen LogP contribution in [0.4, 0.5) is 0 Å². The first-order valence-electron chi connectivity index (χ1n) is 11.7. The third-order valence-corrected chi connectivity index (χ3v) is 6.74. The highest BCUT2D eigenvalue weighted by atomic mass is 32.2. The van der Waals surface area contributed by atoms with E-state index in [0.717, 1.165) is 18.4 Å². The highest BCUT2D eigenvalue weighted by Gasteiger charge is 2.28. The Balaban J connectivity index is 1.62. The number of nitrogens with zero attached hydrogens (tertiary/aromatic N) is 4. The first kappa shape index (κ1) is 25.0. The molecule has 3 aromatic rings. The Kier molecular flexibility index (Phi) is 7.63. The molecule has 0 spiro atoms. The van der Waals surface area contributed by atoms with E-state index in [0.29, 0.717) is 43.5 Å². The van der Waals surface area contributed by atoms with Gasteiger partial charge in [0.2, 0.25) is 15.8 Å². The van der Waals surface area contributed by atoms with Crippen molar-refractivity contribution in [2.24, 2.45) is 11.1 Å². The molecular weight excluding hydrogens is 466 g/mol. The summed E-state index contributed by atoms with van der Waals surface area (Å²) in [6, 6.07) is 15.8. The van der Waals surface area contributed by atoms with Crippen molar-refractivity contribution in [3.63, 3.8) is 0 Å². The molecule has 186 valence electrons. The Bertz CT molecular complexity index is 1260. The van der Waals surface area contributed by atoms with E-state index in [1.165, 1.54) is 12.1 Å². The number of benzene rings is 2. The number of ether oxygens (including phenoxy) is 1. The zero-order chi connectivity index (χ0) is 25.0. The molecular formula is C25H31N5O4S. The maximum absolute atomic E-state index is 13.4. The number of amides is 1. The van der Waals surface area contributed by atoms with Crippen LogP contribution in [0, 0.1) is 5.92 Å². The Morgan fingerprint density at radius 1 is 1.14 bits per heavy atom. The molecule has 0 radical (unpaired) electrons. The van der Waals surface area contributed by atoms with Crippen molar-refractivity contribution in [2.75, 3.05) is 19.7 Å². The molecule has 0 saturated carbocycles. The lowest BCUT2D eigenvalue weighted by molar-refractivity contribution is -0.00863. The molecule has 0 bridgehead atoms. The van der Waals surface area contributed by atoms with Gasteiger partial charge in [-0.2, -0.15) is 0 Å². The molecule has 4 rings (SSSR count). The lowest BCUT2D eigenvalue weighted by atomic mass is 10.1. The average Bonchev–Trinajstić information content (AvgIpc) is 3.26. The molecule has 1 saturated heterocycles. The lowest BCUT2D eigenvalue weighted by Gasteiger charge is -2.32. The second kappa shape index (κ2) is 10.7. The third kappa shape index (κ3) is 6.33. The summed E-state index contributed by atoms with van der Waals surface area (Å²) >= 11 is 0. The van der Waals surface area contributed by atoms with Gasteiger partial charge in [-0.15, -0.1) is 5.10 Å². The van der Waals surface area contributed by atoms with Gasteiger partial charge in [0.05, 0.1) is 16.7 Å². The van der Waals surface area contributed by atoms with Gasteiger partial charge in [-0.1, -0.05) is 44.2 Å². The van der Waals surface area contributed by atoms with Gasteiger partial charge in [0.1, 0.15) is 5.82 Å². The maximum atomic E-state index is 13.4. The average molecular weight is 498 g/mol. The predicted octanol–water partition coefficient (Wildman–Crippen LogP) is 2.78. The predicted molar refractivity (Wildman–Crippen MR) is 132 cm³/mol.